The molecular formula is C19H20ClN3OS. The van der Waals surface area contributed by atoms with Gasteiger partial charge in [-0.05, 0) is 54.7 Å². The number of hydrogen-bond donors (Lipinski definition) is 2. The van der Waals surface area contributed by atoms with Crippen molar-refractivity contribution in [1.29, 1.82) is 0 Å². The van der Waals surface area contributed by atoms with E-state index in [1.54, 1.807) is 24.3 Å². The number of thiazole rings is 1. The van der Waals surface area contributed by atoms with E-state index in [1.807, 2.05) is 19.9 Å². The first-order valence-electron chi connectivity index (χ1n) is 8.42. The molecule has 2 amide bonds. The van der Waals surface area contributed by atoms with Crippen molar-refractivity contribution in [2.75, 3.05) is 10.6 Å². The van der Waals surface area contributed by atoms with E-state index < -0.39 is 0 Å². The normalized spacial score (nSPS) is 13.1. The minimum Gasteiger partial charge on any atom is -0.308 e. The number of fused-ring (bicyclic) bond motifs is 1. The second-order valence-corrected chi connectivity index (χ2v) is 7.04. The molecule has 25 heavy (non-hydrogen) atoms. The molecule has 1 aliphatic rings. The molecule has 6 heteroatoms. The van der Waals surface area contributed by atoms with Gasteiger partial charge >= 0.3 is 6.03 Å². The van der Waals surface area contributed by atoms with Crippen molar-refractivity contribution in [2.45, 2.75) is 32.6 Å². The van der Waals surface area contributed by atoms with Crippen molar-refractivity contribution in [3.05, 3.63) is 53.1 Å². The first-order chi connectivity index (χ1) is 12.2. The van der Waals surface area contributed by atoms with Crippen LogP contribution in [0.5, 0.6) is 0 Å². The van der Waals surface area contributed by atoms with E-state index in [1.165, 1.54) is 29.7 Å². The van der Waals surface area contributed by atoms with Crippen LogP contribution in [0.15, 0.2) is 42.5 Å². The summed E-state index contributed by atoms with van der Waals surface area (Å²) in [5.41, 5.74) is 3.00. The van der Waals surface area contributed by atoms with Gasteiger partial charge in [-0.1, -0.05) is 48.9 Å². The molecule has 1 saturated carbocycles. The highest BCUT2D eigenvalue weighted by Crippen LogP contribution is 2.44. The van der Waals surface area contributed by atoms with Crippen LogP contribution < -0.4 is 10.6 Å². The minimum atomic E-state index is -0.306. The quantitative estimate of drug-likeness (QED) is 0.550. The van der Waals surface area contributed by atoms with Gasteiger partial charge in [-0.25, -0.2) is 9.78 Å². The maximum absolute atomic E-state index is 12.1. The summed E-state index contributed by atoms with van der Waals surface area (Å²) < 4.78 is 1.11. The summed E-state index contributed by atoms with van der Waals surface area (Å²) in [5.74, 6) is 0.636. The molecule has 0 aliphatic heterocycles. The second-order valence-electron chi connectivity index (χ2n) is 5.57. The summed E-state index contributed by atoms with van der Waals surface area (Å²) in [7, 11) is 0. The van der Waals surface area contributed by atoms with Gasteiger partial charge in [0.05, 0.1) is 10.2 Å². The van der Waals surface area contributed by atoms with Crippen LogP contribution in [0.4, 0.5) is 15.6 Å². The fraction of sp³-hybridized carbons (Fsp3) is 0.263. The Bertz CT molecular complexity index is 872. The van der Waals surface area contributed by atoms with Crippen LogP contribution >= 0.6 is 22.9 Å². The number of anilines is 2. The van der Waals surface area contributed by atoms with Crippen molar-refractivity contribution >= 4 is 50.0 Å². The number of para-hydroxylation sites is 1. The Morgan fingerprint density at radius 1 is 1.12 bits per heavy atom. The van der Waals surface area contributed by atoms with Gasteiger partial charge in [-0.3, -0.25) is 5.32 Å². The Morgan fingerprint density at radius 2 is 1.84 bits per heavy atom. The number of hydrogen-bond acceptors (Lipinski definition) is 3. The van der Waals surface area contributed by atoms with Gasteiger partial charge in [0.25, 0.3) is 0 Å². The number of benzene rings is 2. The average molecular weight is 374 g/mol. The number of aromatic nitrogens is 1. The first-order valence-corrected chi connectivity index (χ1v) is 9.61. The molecule has 2 N–H and O–H groups in total. The van der Waals surface area contributed by atoms with Gasteiger partial charge in [0.2, 0.25) is 0 Å². The number of carbonyl (C=O) groups excluding carboxylic acids is 1. The standard InChI is InChI=1S/C17H14ClN3OS.C2H6/c18-11-6-8-12(9-7-11)19-16(22)21-17-20-15-13(10-4-5-10)2-1-3-14(15)23-17;1-2/h1-3,6-10H,4-5H2,(H2,19,20,21,22);1-2H3. The maximum atomic E-state index is 12.1. The van der Waals surface area contributed by atoms with Crippen LogP contribution in [0.25, 0.3) is 10.2 Å². The summed E-state index contributed by atoms with van der Waals surface area (Å²) in [6, 6.07) is 12.9. The lowest BCUT2D eigenvalue weighted by atomic mass is 10.1. The van der Waals surface area contributed by atoms with E-state index in [0.717, 1.165) is 10.2 Å². The molecule has 1 fully saturated rings. The number of carbonyl (C=O) groups is 1. The number of urea groups is 1. The van der Waals surface area contributed by atoms with Gasteiger partial charge < -0.3 is 5.32 Å². The highest BCUT2D eigenvalue weighted by atomic mass is 35.5. The highest BCUT2D eigenvalue weighted by Gasteiger charge is 2.26. The summed E-state index contributed by atoms with van der Waals surface area (Å²) in [6.45, 7) is 4.00. The van der Waals surface area contributed by atoms with E-state index in [4.69, 9.17) is 11.6 Å². The SMILES string of the molecule is CC.O=C(Nc1ccc(Cl)cc1)Nc1nc2c(C3CC3)cccc2s1. The van der Waals surface area contributed by atoms with Crippen LogP contribution in [-0.2, 0) is 0 Å². The molecule has 4 nitrogen and oxygen atoms in total. The highest BCUT2D eigenvalue weighted by molar-refractivity contribution is 7.22. The van der Waals surface area contributed by atoms with Crippen LogP contribution in [0, 0.1) is 0 Å². The topological polar surface area (TPSA) is 54.0 Å². The van der Waals surface area contributed by atoms with Gasteiger partial charge in [0.15, 0.2) is 5.13 Å². The van der Waals surface area contributed by atoms with E-state index in [-0.39, 0.29) is 6.03 Å². The minimum absolute atomic E-state index is 0.306. The molecule has 0 unspecified atom stereocenters. The number of nitrogens with zero attached hydrogens (tertiary/aromatic N) is 1. The van der Waals surface area contributed by atoms with Crippen molar-refractivity contribution in [3.8, 4) is 0 Å². The van der Waals surface area contributed by atoms with Crippen LogP contribution in [-0.4, -0.2) is 11.0 Å². The third-order valence-corrected chi connectivity index (χ3v) is 4.98. The Hall–Kier alpha value is -2.11. The molecule has 4 rings (SSSR count). The fourth-order valence-electron chi connectivity index (χ4n) is 2.54. The van der Waals surface area contributed by atoms with Crippen molar-refractivity contribution in [2.24, 2.45) is 0 Å². The Kier molecular flexibility index (Phi) is 5.56. The van der Waals surface area contributed by atoms with Crippen molar-refractivity contribution < 1.29 is 4.79 Å². The molecule has 0 radical (unpaired) electrons. The molecule has 130 valence electrons. The molecule has 0 atom stereocenters. The predicted octanol–water partition coefficient (Wildman–Crippen LogP) is 6.50. The molecule has 1 heterocycles. The predicted molar refractivity (Wildman–Crippen MR) is 107 cm³/mol. The summed E-state index contributed by atoms with van der Waals surface area (Å²) in [4.78, 5) is 16.7. The molecule has 3 aromatic rings. The lowest BCUT2D eigenvalue weighted by Crippen LogP contribution is -2.19. The molecule has 1 aromatic heterocycles. The molecule has 0 saturated heterocycles. The molecule has 0 spiro atoms. The molecular weight excluding hydrogens is 354 g/mol. The number of halogens is 1. The van der Waals surface area contributed by atoms with Gasteiger partial charge in [0, 0.05) is 10.7 Å². The summed E-state index contributed by atoms with van der Waals surface area (Å²) >= 11 is 7.33. The van der Waals surface area contributed by atoms with E-state index in [9.17, 15) is 4.79 Å². The third kappa shape index (κ3) is 4.30. The van der Waals surface area contributed by atoms with Crippen LogP contribution in [0.2, 0.25) is 5.02 Å². The van der Waals surface area contributed by atoms with Gasteiger partial charge in [-0.2, -0.15) is 0 Å². The number of rotatable bonds is 3. The monoisotopic (exact) mass is 373 g/mol. The number of nitrogens with one attached hydrogen (secondary N) is 2. The van der Waals surface area contributed by atoms with Crippen molar-refractivity contribution in [3.63, 3.8) is 0 Å². The summed E-state index contributed by atoms with van der Waals surface area (Å²) in [6.07, 6.45) is 2.47. The zero-order chi connectivity index (χ0) is 17.8. The third-order valence-electron chi connectivity index (χ3n) is 3.79. The van der Waals surface area contributed by atoms with Gasteiger partial charge in [-0.15, -0.1) is 0 Å². The smallest absolute Gasteiger partial charge is 0.308 e. The van der Waals surface area contributed by atoms with Crippen molar-refractivity contribution in [1.82, 2.24) is 4.98 Å². The van der Waals surface area contributed by atoms with E-state index in [2.05, 4.69) is 27.8 Å². The lowest BCUT2D eigenvalue weighted by Gasteiger charge is -2.05. The first kappa shape index (κ1) is 17.7. The zero-order valence-electron chi connectivity index (χ0n) is 14.2. The zero-order valence-corrected chi connectivity index (χ0v) is 15.7. The Labute approximate surface area is 156 Å². The summed E-state index contributed by atoms with van der Waals surface area (Å²) in [5, 5.41) is 6.82. The Balaban J connectivity index is 0.000000880. The largest absolute Gasteiger partial charge is 0.325 e. The van der Waals surface area contributed by atoms with Crippen LogP contribution in [0.3, 0.4) is 0 Å². The average Bonchev–Trinajstić information content (AvgIpc) is 3.38. The lowest BCUT2D eigenvalue weighted by molar-refractivity contribution is 0.262. The Morgan fingerprint density at radius 3 is 2.52 bits per heavy atom. The molecule has 1 aliphatic carbocycles. The molecule has 0 bridgehead atoms. The van der Waals surface area contributed by atoms with Gasteiger partial charge in [0.1, 0.15) is 0 Å². The number of amides is 2. The van der Waals surface area contributed by atoms with E-state index in [0.29, 0.717) is 21.8 Å². The maximum Gasteiger partial charge on any atom is 0.325 e. The molecule has 2 aromatic carbocycles. The van der Waals surface area contributed by atoms with E-state index >= 15 is 0 Å². The second kappa shape index (κ2) is 7.85. The van der Waals surface area contributed by atoms with Crippen LogP contribution in [0.1, 0.15) is 38.2 Å². The fourth-order valence-corrected chi connectivity index (χ4v) is 3.56.